The Hall–Kier alpha value is -3.09. The van der Waals surface area contributed by atoms with Crippen LogP contribution in [0.2, 0.25) is 0 Å². The van der Waals surface area contributed by atoms with Crippen LogP contribution in [0.4, 0.5) is 16.3 Å². The number of benzene rings is 1. The van der Waals surface area contributed by atoms with Crippen molar-refractivity contribution in [1.82, 2.24) is 4.98 Å². The van der Waals surface area contributed by atoms with Gasteiger partial charge in [0.15, 0.2) is 11.6 Å². The zero-order valence-electron chi connectivity index (χ0n) is 11.9. The van der Waals surface area contributed by atoms with Crippen LogP contribution in [0.15, 0.2) is 42.6 Å². The van der Waals surface area contributed by atoms with Crippen LogP contribution in [0, 0.1) is 0 Å². The molecule has 0 saturated heterocycles. The maximum absolute atomic E-state index is 11.8. The summed E-state index contributed by atoms with van der Waals surface area (Å²) in [6, 6.07) is 8.65. The zero-order chi connectivity index (χ0) is 15.9. The van der Waals surface area contributed by atoms with Gasteiger partial charge in [-0.2, -0.15) is 0 Å². The topological polar surface area (TPSA) is 101 Å². The second-order valence-electron chi connectivity index (χ2n) is 4.25. The van der Waals surface area contributed by atoms with E-state index in [1.807, 2.05) is 0 Å². The van der Waals surface area contributed by atoms with Crippen LogP contribution in [0.3, 0.4) is 0 Å². The average molecular weight is 301 g/mol. The summed E-state index contributed by atoms with van der Waals surface area (Å²) in [5, 5.41) is 14.5. The van der Waals surface area contributed by atoms with Gasteiger partial charge in [0.25, 0.3) is 0 Å². The Morgan fingerprint density at radius 2 is 1.91 bits per heavy atom. The lowest BCUT2D eigenvalue weighted by Crippen LogP contribution is -2.20. The van der Waals surface area contributed by atoms with Crippen molar-refractivity contribution in [2.75, 3.05) is 17.2 Å². The molecular weight excluding hydrogens is 286 g/mol. The predicted octanol–water partition coefficient (Wildman–Crippen LogP) is 2.61. The highest BCUT2D eigenvalue weighted by Crippen LogP contribution is 2.18. The Morgan fingerprint density at radius 3 is 2.55 bits per heavy atom. The lowest BCUT2D eigenvalue weighted by Gasteiger charge is -2.08. The number of anilines is 2. The molecular formula is C15H15N3O4. The number of amides is 2. The molecule has 0 aliphatic rings. The first kappa shape index (κ1) is 15.3. The summed E-state index contributed by atoms with van der Waals surface area (Å²) in [5.74, 6) is -0.490. The number of aromatic hydroxyl groups is 1. The van der Waals surface area contributed by atoms with Crippen LogP contribution in [0.1, 0.15) is 17.3 Å². The van der Waals surface area contributed by atoms with Gasteiger partial charge in [-0.15, -0.1) is 0 Å². The van der Waals surface area contributed by atoms with Crippen LogP contribution < -0.4 is 10.6 Å². The van der Waals surface area contributed by atoms with Gasteiger partial charge in [0.2, 0.25) is 0 Å². The summed E-state index contributed by atoms with van der Waals surface area (Å²) in [5.41, 5.74) is 0.885. The van der Waals surface area contributed by atoms with E-state index in [-0.39, 0.29) is 11.6 Å². The summed E-state index contributed by atoms with van der Waals surface area (Å²) in [4.78, 5) is 27.1. The van der Waals surface area contributed by atoms with Crippen LogP contribution >= 0.6 is 0 Å². The van der Waals surface area contributed by atoms with E-state index < -0.39 is 12.0 Å². The molecule has 0 radical (unpaired) electrons. The van der Waals surface area contributed by atoms with Gasteiger partial charge in [0.05, 0.1) is 12.2 Å². The molecule has 1 aromatic heterocycles. The van der Waals surface area contributed by atoms with Crippen LogP contribution in [0.5, 0.6) is 5.75 Å². The van der Waals surface area contributed by atoms with Crippen molar-refractivity contribution < 1.29 is 19.4 Å². The van der Waals surface area contributed by atoms with Crippen molar-refractivity contribution in [2.24, 2.45) is 0 Å². The smallest absolute Gasteiger partial charge is 0.338 e. The van der Waals surface area contributed by atoms with Gasteiger partial charge in [-0.25, -0.2) is 14.6 Å². The Bertz CT molecular complexity index is 671. The van der Waals surface area contributed by atoms with E-state index in [9.17, 15) is 14.7 Å². The second kappa shape index (κ2) is 7.07. The maximum atomic E-state index is 11.8. The highest BCUT2D eigenvalue weighted by Gasteiger charge is 2.09. The molecule has 7 heteroatoms. The summed E-state index contributed by atoms with van der Waals surface area (Å²) in [6.07, 6.45) is 1.45. The van der Waals surface area contributed by atoms with E-state index in [0.717, 1.165) is 0 Å². The first-order chi connectivity index (χ1) is 10.6. The van der Waals surface area contributed by atoms with Gasteiger partial charge in [-0.05, 0) is 43.3 Å². The molecule has 1 aromatic carbocycles. The Kier molecular flexibility index (Phi) is 4.92. The number of nitrogens with one attached hydrogen (secondary N) is 2. The number of carbonyl (C=O) groups is 2. The summed E-state index contributed by atoms with van der Waals surface area (Å²) < 4.78 is 4.87. The second-order valence-corrected chi connectivity index (χ2v) is 4.25. The molecule has 2 rings (SSSR count). The molecule has 3 N–H and O–H groups in total. The highest BCUT2D eigenvalue weighted by atomic mass is 16.5. The zero-order valence-corrected chi connectivity index (χ0v) is 11.9. The van der Waals surface area contributed by atoms with Crippen molar-refractivity contribution >= 4 is 23.5 Å². The number of hydrogen-bond acceptors (Lipinski definition) is 5. The molecule has 0 fully saturated rings. The van der Waals surface area contributed by atoms with E-state index in [1.165, 1.54) is 12.3 Å². The maximum Gasteiger partial charge on any atom is 0.338 e. The van der Waals surface area contributed by atoms with E-state index in [2.05, 4.69) is 15.6 Å². The fraction of sp³-hybridized carbons (Fsp3) is 0.133. The molecule has 0 unspecified atom stereocenters. The lowest BCUT2D eigenvalue weighted by atomic mass is 10.2. The predicted molar refractivity (Wildman–Crippen MR) is 80.9 cm³/mol. The molecule has 22 heavy (non-hydrogen) atoms. The van der Waals surface area contributed by atoms with Gasteiger partial charge in [0, 0.05) is 11.9 Å². The molecule has 0 spiro atoms. The molecule has 2 aromatic rings. The average Bonchev–Trinajstić information content (AvgIpc) is 2.50. The molecule has 114 valence electrons. The minimum absolute atomic E-state index is 0.0585. The van der Waals surface area contributed by atoms with Crippen molar-refractivity contribution in [2.45, 2.75) is 6.92 Å². The first-order valence-electron chi connectivity index (χ1n) is 6.59. The quantitative estimate of drug-likeness (QED) is 0.754. The summed E-state index contributed by atoms with van der Waals surface area (Å²) in [6.45, 7) is 2.03. The molecule has 0 atom stereocenters. The monoisotopic (exact) mass is 301 g/mol. The molecule has 7 nitrogen and oxygen atoms in total. The number of nitrogens with zero attached hydrogens (tertiary/aromatic N) is 1. The molecule has 0 bridgehead atoms. The minimum Gasteiger partial charge on any atom is -0.504 e. The minimum atomic E-state index is -0.558. The number of urea groups is 1. The van der Waals surface area contributed by atoms with E-state index in [4.69, 9.17) is 4.74 Å². The summed E-state index contributed by atoms with van der Waals surface area (Å²) >= 11 is 0. The third-order valence-electron chi connectivity index (χ3n) is 2.67. The fourth-order valence-electron chi connectivity index (χ4n) is 1.67. The first-order valence-corrected chi connectivity index (χ1v) is 6.59. The van der Waals surface area contributed by atoms with Gasteiger partial charge >= 0.3 is 12.0 Å². The van der Waals surface area contributed by atoms with Crippen molar-refractivity contribution in [1.29, 1.82) is 0 Å². The standard InChI is InChI=1S/C15H15N3O4/c1-2-22-14(20)10-5-7-11(8-6-10)17-15(21)18-13-12(19)4-3-9-16-13/h3-9,19H,2H2,1H3,(H2,16,17,18,21). The van der Waals surface area contributed by atoms with Crippen LogP contribution in [-0.4, -0.2) is 28.7 Å². The van der Waals surface area contributed by atoms with Gasteiger partial charge in [-0.1, -0.05) is 0 Å². The van der Waals surface area contributed by atoms with E-state index in [0.29, 0.717) is 17.9 Å². The number of esters is 1. The normalized spacial score (nSPS) is 9.86. The van der Waals surface area contributed by atoms with Crippen molar-refractivity contribution in [3.63, 3.8) is 0 Å². The van der Waals surface area contributed by atoms with Gasteiger partial charge in [-0.3, -0.25) is 5.32 Å². The summed E-state index contributed by atoms with van der Waals surface area (Å²) in [7, 11) is 0. The van der Waals surface area contributed by atoms with Gasteiger partial charge < -0.3 is 15.2 Å². The number of hydrogen-bond donors (Lipinski definition) is 3. The Morgan fingerprint density at radius 1 is 1.18 bits per heavy atom. The molecule has 2 amide bonds. The van der Waals surface area contributed by atoms with Crippen molar-refractivity contribution in [3.05, 3.63) is 48.2 Å². The third-order valence-corrected chi connectivity index (χ3v) is 2.67. The van der Waals surface area contributed by atoms with Crippen molar-refractivity contribution in [3.8, 4) is 5.75 Å². The molecule has 0 saturated carbocycles. The number of carbonyl (C=O) groups excluding carboxylic acids is 2. The Balaban J connectivity index is 1.97. The van der Waals surface area contributed by atoms with Crippen LogP contribution in [0.25, 0.3) is 0 Å². The molecule has 0 aliphatic heterocycles. The highest BCUT2D eigenvalue weighted by molar-refractivity contribution is 6.00. The fourth-order valence-corrected chi connectivity index (χ4v) is 1.67. The van der Waals surface area contributed by atoms with Crippen LogP contribution in [-0.2, 0) is 4.74 Å². The van der Waals surface area contributed by atoms with E-state index >= 15 is 0 Å². The number of aromatic nitrogens is 1. The van der Waals surface area contributed by atoms with Gasteiger partial charge in [0.1, 0.15) is 0 Å². The largest absolute Gasteiger partial charge is 0.504 e. The van der Waals surface area contributed by atoms with E-state index in [1.54, 1.807) is 37.3 Å². The SMILES string of the molecule is CCOC(=O)c1ccc(NC(=O)Nc2ncccc2O)cc1. The number of ether oxygens (including phenoxy) is 1. The lowest BCUT2D eigenvalue weighted by molar-refractivity contribution is 0.0526. The molecule has 1 heterocycles. The third kappa shape index (κ3) is 3.95. The number of pyridine rings is 1. The number of rotatable bonds is 4. The Labute approximate surface area is 126 Å². The molecule has 0 aliphatic carbocycles.